The number of halogens is 4. The summed E-state index contributed by atoms with van der Waals surface area (Å²) >= 11 is 6.29. The molecule has 2 amide bonds. The average molecular weight is 470 g/mol. The molecule has 0 saturated heterocycles. The van der Waals surface area contributed by atoms with E-state index in [-0.39, 0.29) is 40.5 Å². The van der Waals surface area contributed by atoms with Crippen molar-refractivity contribution in [1.82, 2.24) is 4.90 Å². The van der Waals surface area contributed by atoms with E-state index in [9.17, 15) is 18.4 Å². The second kappa shape index (κ2) is 5.97. The fourth-order valence-corrected chi connectivity index (χ4v) is 3.54. The first kappa shape index (κ1) is 17.1. The minimum atomic E-state index is -3.79. The van der Waals surface area contributed by atoms with E-state index in [2.05, 4.69) is 46.7 Å². The maximum atomic E-state index is 13.2. The molecule has 0 aliphatic carbocycles. The van der Waals surface area contributed by atoms with Gasteiger partial charge in [-0.2, -0.15) is 0 Å². The molecule has 2 heterocycles. The van der Waals surface area contributed by atoms with Gasteiger partial charge in [0.1, 0.15) is 5.70 Å². The van der Waals surface area contributed by atoms with Gasteiger partial charge in [-0.05, 0) is 31.9 Å². The zero-order chi connectivity index (χ0) is 17.6. The molecule has 0 aromatic heterocycles. The quantitative estimate of drug-likeness (QED) is 0.657. The Bertz CT molecular complexity index is 784. The first-order valence-electron chi connectivity index (χ1n) is 6.47. The van der Waals surface area contributed by atoms with Gasteiger partial charge in [0, 0.05) is 16.6 Å². The van der Waals surface area contributed by atoms with Crippen LogP contribution >= 0.6 is 31.9 Å². The Morgan fingerprint density at radius 2 is 2.00 bits per heavy atom. The first-order chi connectivity index (χ1) is 11.2. The van der Waals surface area contributed by atoms with Gasteiger partial charge in [-0.1, -0.05) is 0 Å². The molecule has 128 valence electrons. The zero-order valence-corrected chi connectivity index (χ0v) is 14.8. The van der Waals surface area contributed by atoms with Crippen LogP contribution in [0, 0.1) is 0 Å². The van der Waals surface area contributed by atoms with Crippen LogP contribution in [0.3, 0.4) is 0 Å². The van der Waals surface area contributed by atoms with Gasteiger partial charge in [0.05, 0.1) is 23.3 Å². The number of rotatable bonds is 4. The number of fused-ring (bicyclic) bond motifs is 1. The molecule has 0 saturated carbocycles. The predicted octanol–water partition coefficient (Wildman–Crippen LogP) is 2.19. The van der Waals surface area contributed by atoms with Gasteiger partial charge >= 0.3 is 6.29 Å². The number of β-amino-alcohol motifs (C(OH)–C–C–N with tert-alkyl or cyclic N) is 1. The first-order valence-corrected chi connectivity index (χ1v) is 8.05. The molecule has 2 aliphatic rings. The number of amides is 2. The number of aliphatic hydroxyl groups excluding tert-OH is 1. The third-order valence-corrected chi connectivity index (χ3v) is 4.56. The Morgan fingerprint density at radius 3 is 2.67 bits per heavy atom. The zero-order valence-electron chi connectivity index (χ0n) is 11.6. The lowest BCUT2D eigenvalue weighted by Gasteiger charge is -2.15. The molecule has 1 aromatic rings. The highest BCUT2D eigenvalue weighted by atomic mass is 79.9. The summed E-state index contributed by atoms with van der Waals surface area (Å²) in [7, 11) is 0. The third kappa shape index (κ3) is 2.87. The summed E-state index contributed by atoms with van der Waals surface area (Å²) in [6.07, 6.45) is -2.74. The minimum absolute atomic E-state index is 0.0690. The maximum absolute atomic E-state index is 13.2. The van der Waals surface area contributed by atoms with Crippen molar-refractivity contribution in [3.05, 3.63) is 26.8 Å². The Balaban J connectivity index is 1.92. The Hall–Kier alpha value is -1.72. The number of carbonyl (C=O) groups is 2. The predicted molar refractivity (Wildman–Crippen MR) is 83.6 cm³/mol. The van der Waals surface area contributed by atoms with E-state index < -0.39 is 18.1 Å². The highest BCUT2D eigenvalue weighted by Gasteiger charge is 2.45. The van der Waals surface area contributed by atoms with Gasteiger partial charge in [0.2, 0.25) is 0 Å². The number of anilines is 1. The van der Waals surface area contributed by atoms with Crippen LogP contribution in [0.1, 0.15) is 0 Å². The van der Waals surface area contributed by atoms with E-state index in [1.165, 1.54) is 6.07 Å². The van der Waals surface area contributed by atoms with E-state index in [1.807, 2.05) is 0 Å². The number of hydrogen-bond acceptors (Lipinski definition) is 6. The van der Waals surface area contributed by atoms with Crippen LogP contribution in [0.5, 0.6) is 11.5 Å². The number of carbonyl (C=O) groups excluding carboxylic acids is 2. The molecular formula is C13H8Br2F2N2O5. The van der Waals surface area contributed by atoms with Gasteiger partial charge < -0.3 is 19.9 Å². The molecule has 2 N–H and O–H groups in total. The molecule has 11 heteroatoms. The number of nitrogens with one attached hydrogen (secondary N) is 1. The summed E-state index contributed by atoms with van der Waals surface area (Å²) in [6, 6.07) is 1.25. The SMILES string of the molecule is O=C1C=C(Nc2c(Br)cc3c(c2Br)OC(F)(F)O3)C(=O)N1CCO. The number of aliphatic hydroxyl groups is 1. The molecule has 3 rings (SSSR count). The number of nitrogens with zero attached hydrogens (tertiary/aromatic N) is 1. The molecule has 0 atom stereocenters. The van der Waals surface area contributed by atoms with Crippen molar-refractivity contribution < 1.29 is 33.0 Å². The van der Waals surface area contributed by atoms with Crippen molar-refractivity contribution >= 4 is 49.4 Å². The monoisotopic (exact) mass is 468 g/mol. The standard InChI is InChI=1S/C13H8Br2F2N2O5/c14-5-3-7-11(24-13(16,17)23-7)9(15)10(5)18-6-4-8(21)19(1-2-20)12(6)22/h3-4,18,20H,1-2H2. The van der Waals surface area contributed by atoms with Crippen molar-refractivity contribution in [2.75, 3.05) is 18.5 Å². The molecule has 0 radical (unpaired) electrons. The van der Waals surface area contributed by atoms with Gasteiger partial charge in [-0.25, -0.2) is 0 Å². The highest BCUT2D eigenvalue weighted by Crippen LogP contribution is 2.51. The molecule has 1 aromatic carbocycles. The highest BCUT2D eigenvalue weighted by molar-refractivity contribution is 9.11. The fraction of sp³-hybridized carbons (Fsp3) is 0.231. The van der Waals surface area contributed by atoms with Crippen LogP contribution < -0.4 is 14.8 Å². The van der Waals surface area contributed by atoms with E-state index in [1.54, 1.807) is 0 Å². The lowest BCUT2D eigenvalue weighted by molar-refractivity contribution is -0.286. The summed E-state index contributed by atoms with van der Waals surface area (Å²) in [5, 5.41) is 11.6. The second-order valence-corrected chi connectivity index (χ2v) is 6.39. The van der Waals surface area contributed by atoms with E-state index in [0.717, 1.165) is 11.0 Å². The van der Waals surface area contributed by atoms with Crippen molar-refractivity contribution in [3.8, 4) is 11.5 Å². The van der Waals surface area contributed by atoms with Gasteiger partial charge in [-0.3, -0.25) is 14.5 Å². The van der Waals surface area contributed by atoms with Crippen molar-refractivity contribution in [3.63, 3.8) is 0 Å². The number of ether oxygens (including phenoxy) is 2. The third-order valence-electron chi connectivity index (χ3n) is 3.18. The van der Waals surface area contributed by atoms with E-state index in [4.69, 9.17) is 5.11 Å². The van der Waals surface area contributed by atoms with Crippen molar-refractivity contribution in [1.29, 1.82) is 0 Å². The fourth-order valence-electron chi connectivity index (χ4n) is 2.18. The Kier molecular flexibility index (Phi) is 4.26. The summed E-state index contributed by atoms with van der Waals surface area (Å²) in [5.41, 5.74) is 0.133. The molecule has 0 spiro atoms. The average Bonchev–Trinajstić information content (AvgIpc) is 2.94. The minimum Gasteiger partial charge on any atom is -0.395 e. The number of benzene rings is 1. The molecule has 0 bridgehead atoms. The summed E-state index contributed by atoms with van der Waals surface area (Å²) < 4.78 is 35.5. The van der Waals surface area contributed by atoms with E-state index in [0.29, 0.717) is 4.47 Å². The summed E-state index contributed by atoms with van der Waals surface area (Å²) in [5.74, 6) is -1.66. The van der Waals surface area contributed by atoms with Crippen LogP contribution in [0.4, 0.5) is 14.5 Å². The van der Waals surface area contributed by atoms with Crippen LogP contribution in [-0.4, -0.2) is 41.3 Å². The van der Waals surface area contributed by atoms with Gasteiger partial charge in [-0.15, -0.1) is 8.78 Å². The smallest absolute Gasteiger partial charge is 0.395 e. The number of hydrogen-bond donors (Lipinski definition) is 2. The number of imide groups is 1. The largest absolute Gasteiger partial charge is 0.586 e. The normalized spacial score (nSPS) is 18.2. The number of alkyl halides is 2. The lowest BCUT2D eigenvalue weighted by Crippen LogP contribution is -2.34. The van der Waals surface area contributed by atoms with Crippen LogP contribution in [0.2, 0.25) is 0 Å². The molecule has 24 heavy (non-hydrogen) atoms. The summed E-state index contributed by atoms with van der Waals surface area (Å²) in [4.78, 5) is 24.7. The Labute approximate surface area is 150 Å². The maximum Gasteiger partial charge on any atom is 0.586 e. The van der Waals surface area contributed by atoms with Crippen molar-refractivity contribution in [2.45, 2.75) is 6.29 Å². The lowest BCUT2D eigenvalue weighted by atomic mass is 10.2. The van der Waals surface area contributed by atoms with E-state index >= 15 is 0 Å². The Morgan fingerprint density at radius 1 is 1.29 bits per heavy atom. The summed E-state index contributed by atoms with van der Waals surface area (Å²) in [6.45, 7) is -0.514. The topological polar surface area (TPSA) is 88.1 Å². The van der Waals surface area contributed by atoms with Gasteiger partial charge in [0.25, 0.3) is 11.8 Å². The van der Waals surface area contributed by atoms with Crippen LogP contribution in [0.15, 0.2) is 26.8 Å². The molecule has 0 fully saturated rings. The van der Waals surface area contributed by atoms with Gasteiger partial charge in [0.15, 0.2) is 11.5 Å². The molecule has 2 aliphatic heterocycles. The molecule has 7 nitrogen and oxygen atoms in total. The van der Waals surface area contributed by atoms with Crippen LogP contribution in [0.25, 0.3) is 0 Å². The van der Waals surface area contributed by atoms with Crippen LogP contribution in [-0.2, 0) is 9.59 Å². The molecule has 0 unspecified atom stereocenters. The van der Waals surface area contributed by atoms with Crippen molar-refractivity contribution in [2.24, 2.45) is 0 Å². The molecular weight excluding hydrogens is 462 g/mol. The second-order valence-electron chi connectivity index (χ2n) is 4.74.